The van der Waals surface area contributed by atoms with Crippen LogP contribution < -0.4 is 5.32 Å². The largest absolute Gasteiger partial charge is 0.340 e. The van der Waals surface area contributed by atoms with E-state index in [4.69, 9.17) is 0 Å². The maximum Gasteiger partial charge on any atom is 0.248 e. The number of piperazine rings is 1. The third-order valence-corrected chi connectivity index (χ3v) is 6.14. The second-order valence-electron chi connectivity index (χ2n) is 6.07. The molecule has 0 aromatic carbocycles. The molecule has 21 heavy (non-hydrogen) atoms. The molecule has 2 rings (SSSR count). The van der Waals surface area contributed by atoms with Gasteiger partial charge in [-0.15, -0.1) is 0 Å². The molecular weight excluding hydrogens is 292 g/mol. The Balaban J connectivity index is 2.05. The highest BCUT2D eigenvalue weighted by Gasteiger charge is 2.46. The van der Waals surface area contributed by atoms with Crippen molar-refractivity contribution in [3.05, 3.63) is 0 Å². The van der Waals surface area contributed by atoms with Crippen LogP contribution in [0.15, 0.2) is 0 Å². The summed E-state index contributed by atoms with van der Waals surface area (Å²) < 4.78 is 23.6. The summed E-state index contributed by atoms with van der Waals surface area (Å²) >= 11 is 0. The zero-order chi connectivity index (χ0) is 15.5. The minimum absolute atomic E-state index is 0.0256. The van der Waals surface area contributed by atoms with Crippen molar-refractivity contribution in [2.24, 2.45) is 0 Å². The van der Waals surface area contributed by atoms with Crippen LogP contribution in [-0.2, 0) is 19.4 Å². The van der Waals surface area contributed by atoms with E-state index in [1.165, 1.54) is 4.90 Å². The van der Waals surface area contributed by atoms with Crippen molar-refractivity contribution in [3.63, 3.8) is 0 Å². The molecule has 0 aromatic rings. The van der Waals surface area contributed by atoms with Gasteiger partial charge in [0.2, 0.25) is 11.8 Å². The van der Waals surface area contributed by atoms with Crippen LogP contribution >= 0.6 is 0 Å². The molecule has 2 amide bonds. The van der Waals surface area contributed by atoms with Gasteiger partial charge in [0.25, 0.3) is 0 Å². The number of amides is 2. The lowest BCUT2D eigenvalue weighted by molar-refractivity contribution is -0.151. The molecule has 1 saturated carbocycles. The fourth-order valence-electron chi connectivity index (χ4n) is 3.24. The highest BCUT2D eigenvalue weighted by Crippen LogP contribution is 2.31. The first-order valence-electron chi connectivity index (χ1n) is 7.69. The molecule has 1 saturated heterocycles. The minimum Gasteiger partial charge on any atom is -0.340 e. The minimum atomic E-state index is -3.14. The van der Waals surface area contributed by atoms with Crippen molar-refractivity contribution < 1.29 is 18.0 Å². The summed E-state index contributed by atoms with van der Waals surface area (Å²) in [5.41, 5.74) is -0.776. The Kier molecular flexibility index (Phi) is 4.91. The standard InChI is InChI=1S/C14H24N2O4S/c1-2-9-21(19,20)10-8-16-11-12(17)15-14(13(16)18)6-4-3-5-7-14/h2-11H2,1H3,(H,15,17). The number of carbonyl (C=O) groups excluding carboxylic acids is 2. The van der Waals surface area contributed by atoms with Gasteiger partial charge in [-0.05, 0) is 19.3 Å². The van der Waals surface area contributed by atoms with E-state index in [0.29, 0.717) is 19.3 Å². The number of hydrogen-bond acceptors (Lipinski definition) is 4. The van der Waals surface area contributed by atoms with Gasteiger partial charge in [0, 0.05) is 12.3 Å². The molecule has 7 heteroatoms. The summed E-state index contributed by atoms with van der Waals surface area (Å²) in [6.45, 7) is 1.91. The smallest absolute Gasteiger partial charge is 0.248 e. The second-order valence-corrected chi connectivity index (χ2v) is 8.37. The van der Waals surface area contributed by atoms with Crippen LogP contribution in [-0.4, -0.2) is 55.3 Å². The van der Waals surface area contributed by atoms with E-state index in [1.807, 2.05) is 6.92 Å². The van der Waals surface area contributed by atoms with Gasteiger partial charge >= 0.3 is 0 Å². The summed E-state index contributed by atoms with van der Waals surface area (Å²) in [5.74, 6) is -0.208. The van der Waals surface area contributed by atoms with Crippen molar-refractivity contribution in [1.29, 1.82) is 0 Å². The first-order valence-corrected chi connectivity index (χ1v) is 9.51. The van der Waals surface area contributed by atoms with E-state index < -0.39 is 15.4 Å². The number of rotatable bonds is 5. The van der Waals surface area contributed by atoms with Crippen LogP contribution in [0.25, 0.3) is 0 Å². The van der Waals surface area contributed by atoms with E-state index in [1.54, 1.807) is 0 Å². The first-order chi connectivity index (χ1) is 9.88. The monoisotopic (exact) mass is 316 g/mol. The van der Waals surface area contributed by atoms with Crippen LogP contribution in [0.3, 0.4) is 0 Å². The third-order valence-electron chi connectivity index (χ3n) is 4.30. The molecule has 2 aliphatic rings. The summed E-state index contributed by atoms with van der Waals surface area (Å²) in [7, 11) is -3.14. The van der Waals surface area contributed by atoms with Crippen LogP contribution in [0.4, 0.5) is 0 Å². The van der Waals surface area contributed by atoms with Crippen molar-refractivity contribution >= 4 is 21.7 Å². The predicted octanol–water partition coefficient (Wildman–Crippen LogP) is 0.473. The molecule has 1 N–H and O–H groups in total. The zero-order valence-corrected chi connectivity index (χ0v) is 13.4. The predicted molar refractivity (Wildman–Crippen MR) is 79.5 cm³/mol. The first kappa shape index (κ1) is 16.3. The Hall–Kier alpha value is -1.11. The van der Waals surface area contributed by atoms with Crippen molar-refractivity contribution in [1.82, 2.24) is 10.2 Å². The summed E-state index contributed by atoms with van der Waals surface area (Å²) in [4.78, 5) is 26.0. The van der Waals surface area contributed by atoms with Crippen LogP contribution in [0.1, 0.15) is 45.4 Å². The van der Waals surface area contributed by atoms with Crippen molar-refractivity contribution in [2.75, 3.05) is 24.6 Å². The zero-order valence-electron chi connectivity index (χ0n) is 12.6. The van der Waals surface area contributed by atoms with E-state index in [9.17, 15) is 18.0 Å². The molecule has 1 spiro atoms. The lowest BCUT2D eigenvalue weighted by Crippen LogP contribution is -2.67. The number of carbonyl (C=O) groups is 2. The molecule has 2 fully saturated rings. The lowest BCUT2D eigenvalue weighted by atomic mass is 9.79. The third kappa shape index (κ3) is 3.75. The van der Waals surface area contributed by atoms with Crippen molar-refractivity contribution in [3.8, 4) is 0 Å². The summed E-state index contributed by atoms with van der Waals surface area (Å²) in [6, 6.07) is 0. The van der Waals surface area contributed by atoms with Crippen LogP contribution in [0.5, 0.6) is 0 Å². The van der Waals surface area contributed by atoms with Crippen molar-refractivity contribution in [2.45, 2.75) is 51.0 Å². The molecule has 0 bridgehead atoms. The topological polar surface area (TPSA) is 83.6 Å². The molecule has 120 valence electrons. The van der Waals surface area contributed by atoms with Crippen LogP contribution in [0, 0.1) is 0 Å². The molecule has 1 aliphatic heterocycles. The van der Waals surface area contributed by atoms with Gasteiger partial charge in [-0.1, -0.05) is 26.2 Å². The summed E-state index contributed by atoms with van der Waals surface area (Å²) in [6.07, 6.45) is 4.82. The second kappa shape index (κ2) is 6.34. The van der Waals surface area contributed by atoms with E-state index in [-0.39, 0.29) is 36.4 Å². The highest BCUT2D eigenvalue weighted by molar-refractivity contribution is 7.91. The quantitative estimate of drug-likeness (QED) is 0.799. The molecule has 1 heterocycles. The number of sulfone groups is 1. The maximum absolute atomic E-state index is 12.6. The van der Waals surface area contributed by atoms with Gasteiger partial charge < -0.3 is 10.2 Å². The number of hydrogen-bond donors (Lipinski definition) is 1. The average molecular weight is 316 g/mol. The molecule has 1 aliphatic carbocycles. The van der Waals surface area contributed by atoms with Gasteiger partial charge in [-0.3, -0.25) is 9.59 Å². The van der Waals surface area contributed by atoms with Gasteiger partial charge in [0.15, 0.2) is 9.84 Å². The number of nitrogens with zero attached hydrogens (tertiary/aromatic N) is 1. The Bertz CT molecular complexity index is 509. The Labute approximate surface area is 126 Å². The molecular formula is C14H24N2O4S. The molecule has 0 unspecified atom stereocenters. The Morgan fingerprint density at radius 1 is 1.14 bits per heavy atom. The highest BCUT2D eigenvalue weighted by atomic mass is 32.2. The Morgan fingerprint density at radius 2 is 1.81 bits per heavy atom. The fraction of sp³-hybridized carbons (Fsp3) is 0.857. The molecule has 6 nitrogen and oxygen atoms in total. The van der Waals surface area contributed by atoms with Crippen LogP contribution in [0.2, 0.25) is 0 Å². The van der Waals surface area contributed by atoms with Gasteiger partial charge in [-0.25, -0.2) is 8.42 Å². The van der Waals surface area contributed by atoms with Gasteiger partial charge in [0.1, 0.15) is 5.54 Å². The SMILES string of the molecule is CCCS(=O)(=O)CCN1CC(=O)NC2(CCCCC2)C1=O. The maximum atomic E-state index is 12.6. The van der Waals surface area contributed by atoms with Gasteiger partial charge in [-0.2, -0.15) is 0 Å². The van der Waals surface area contributed by atoms with Gasteiger partial charge in [0.05, 0.1) is 12.3 Å². The summed E-state index contributed by atoms with van der Waals surface area (Å²) in [5, 5.41) is 2.85. The molecule has 0 aromatic heterocycles. The van der Waals surface area contributed by atoms with E-state index in [2.05, 4.69) is 5.32 Å². The molecule has 0 atom stereocenters. The fourth-order valence-corrected chi connectivity index (χ4v) is 4.57. The average Bonchev–Trinajstić information content (AvgIpc) is 2.42. The lowest BCUT2D eigenvalue weighted by Gasteiger charge is -2.44. The Morgan fingerprint density at radius 3 is 2.43 bits per heavy atom. The molecule has 0 radical (unpaired) electrons. The van der Waals surface area contributed by atoms with E-state index in [0.717, 1.165) is 19.3 Å². The normalized spacial score (nSPS) is 22.4. The number of nitrogens with one attached hydrogen (secondary N) is 1. The van der Waals surface area contributed by atoms with E-state index >= 15 is 0 Å².